The van der Waals surface area contributed by atoms with Crippen molar-refractivity contribution >= 4 is 5.91 Å². The highest BCUT2D eigenvalue weighted by atomic mass is 16.5. The number of aryl methyl sites for hydroxylation is 1. The van der Waals surface area contributed by atoms with Crippen LogP contribution in [0.1, 0.15) is 30.3 Å². The van der Waals surface area contributed by atoms with Crippen molar-refractivity contribution < 1.29 is 9.53 Å². The summed E-state index contributed by atoms with van der Waals surface area (Å²) in [5, 5.41) is 0. The van der Waals surface area contributed by atoms with Gasteiger partial charge in [0.1, 0.15) is 5.82 Å². The minimum Gasteiger partial charge on any atom is -0.384 e. The van der Waals surface area contributed by atoms with Crippen LogP contribution in [0.3, 0.4) is 0 Å². The van der Waals surface area contributed by atoms with E-state index in [-0.39, 0.29) is 5.91 Å². The van der Waals surface area contributed by atoms with E-state index >= 15 is 0 Å². The molecule has 0 aliphatic carbocycles. The van der Waals surface area contributed by atoms with Crippen LogP contribution >= 0.6 is 0 Å². The van der Waals surface area contributed by atoms with E-state index in [9.17, 15) is 4.79 Å². The Balaban J connectivity index is 1.94. The zero-order valence-electron chi connectivity index (χ0n) is 10.9. The summed E-state index contributed by atoms with van der Waals surface area (Å²) in [5.41, 5.74) is 1.05. The summed E-state index contributed by atoms with van der Waals surface area (Å²) in [5.74, 6) is 1.31. The smallest absolute Gasteiger partial charge is 0.224 e. The van der Waals surface area contributed by atoms with E-state index in [4.69, 9.17) is 4.74 Å². The van der Waals surface area contributed by atoms with Crippen molar-refractivity contribution in [3.05, 3.63) is 23.8 Å². The van der Waals surface area contributed by atoms with Gasteiger partial charge in [-0.15, -0.1) is 0 Å². The van der Waals surface area contributed by atoms with Gasteiger partial charge in [-0.2, -0.15) is 0 Å². The van der Waals surface area contributed by atoms with Crippen molar-refractivity contribution in [1.82, 2.24) is 14.9 Å². The first kappa shape index (κ1) is 13.0. The van der Waals surface area contributed by atoms with Crippen LogP contribution < -0.4 is 0 Å². The van der Waals surface area contributed by atoms with Crippen LogP contribution in [0.2, 0.25) is 0 Å². The van der Waals surface area contributed by atoms with Crippen LogP contribution in [0.15, 0.2) is 12.3 Å². The molecule has 1 atom stereocenters. The van der Waals surface area contributed by atoms with Gasteiger partial charge in [-0.1, -0.05) is 0 Å². The molecule has 1 saturated heterocycles. The second-order valence-corrected chi connectivity index (χ2v) is 4.60. The average molecular weight is 249 g/mol. The maximum Gasteiger partial charge on any atom is 0.224 e. The van der Waals surface area contributed by atoms with E-state index in [1.54, 1.807) is 13.3 Å². The van der Waals surface area contributed by atoms with Gasteiger partial charge < -0.3 is 9.64 Å². The van der Waals surface area contributed by atoms with Crippen LogP contribution in [0.4, 0.5) is 0 Å². The number of hydrogen-bond acceptors (Lipinski definition) is 4. The molecule has 1 aromatic rings. The molecular formula is C13H19N3O2. The molecule has 1 amide bonds. The molecule has 18 heavy (non-hydrogen) atoms. The fourth-order valence-corrected chi connectivity index (χ4v) is 2.28. The lowest BCUT2D eigenvalue weighted by molar-refractivity contribution is -0.131. The molecule has 0 saturated carbocycles. The first-order valence-electron chi connectivity index (χ1n) is 6.27. The van der Waals surface area contributed by atoms with Crippen molar-refractivity contribution in [2.75, 3.05) is 26.8 Å². The van der Waals surface area contributed by atoms with Gasteiger partial charge in [-0.25, -0.2) is 9.97 Å². The predicted molar refractivity (Wildman–Crippen MR) is 67.2 cm³/mol. The Kier molecular flexibility index (Phi) is 4.25. The number of ether oxygens (including phenoxy) is 1. The lowest BCUT2D eigenvalue weighted by atomic mass is 10.1. The summed E-state index contributed by atoms with van der Waals surface area (Å²) in [6, 6.07) is 1.95. The molecular weight excluding hydrogens is 230 g/mol. The fourth-order valence-electron chi connectivity index (χ4n) is 2.28. The zero-order chi connectivity index (χ0) is 13.0. The van der Waals surface area contributed by atoms with Crippen molar-refractivity contribution in [3.8, 4) is 0 Å². The van der Waals surface area contributed by atoms with Crippen LogP contribution in [-0.2, 0) is 9.53 Å². The van der Waals surface area contributed by atoms with Crippen LogP contribution in [-0.4, -0.2) is 47.6 Å². The number of nitrogens with zero attached hydrogens (tertiary/aromatic N) is 3. The maximum atomic E-state index is 11.9. The van der Waals surface area contributed by atoms with E-state index in [0.29, 0.717) is 18.9 Å². The molecule has 0 radical (unpaired) electrons. The van der Waals surface area contributed by atoms with Gasteiger partial charge in [0.2, 0.25) is 5.91 Å². The number of aromatic nitrogens is 2. The molecule has 0 aromatic carbocycles. The van der Waals surface area contributed by atoms with Gasteiger partial charge in [0, 0.05) is 38.0 Å². The first-order chi connectivity index (χ1) is 8.70. The second-order valence-electron chi connectivity index (χ2n) is 4.60. The molecule has 1 aliphatic rings. The highest BCUT2D eigenvalue weighted by molar-refractivity contribution is 5.76. The minimum atomic E-state index is 0.171. The summed E-state index contributed by atoms with van der Waals surface area (Å²) >= 11 is 0. The van der Waals surface area contributed by atoms with E-state index in [1.165, 1.54) is 0 Å². The molecule has 2 heterocycles. The molecule has 5 heteroatoms. The number of amides is 1. The molecule has 1 unspecified atom stereocenters. The summed E-state index contributed by atoms with van der Waals surface area (Å²) < 4.78 is 4.93. The number of hydrogen-bond donors (Lipinski definition) is 0. The van der Waals surface area contributed by atoms with Crippen molar-refractivity contribution in [3.63, 3.8) is 0 Å². The largest absolute Gasteiger partial charge is 0.384 e. The molecule has 98 valence electrons. The standard InChI is InChI=1S/C13H19N3O2/c1-10-14-6-3-12(15-10)11-4-7-16(9-11)13(17)5-8-18-2/h3,6,11H,4-5,7-9H2,1-2H3. The SMILES string of the molecule is COCCC(=O)N1CCC(c2ccnc(C)n2)C1. The van der Waals surface area contributed by atoms with Gasteiger partial charge in [-0.05, 0) is 19.4 Å². The highest BCUT2D eigenvalue weighted by Crippen LogP contribution is 2.25. The third-order valence-corrected chi connectivity index (χ3v) is 3.28. The summed E-state index contributed by atoms with van der Waals surface area (Å²) in [6.45, 7) is 3.96. The lowest BCUT2D eigenvalue weighted by Gasteiger charge is -2.16. The highest BCUT2D eigenvalue weighted by Gasteiger charge is 2.27. The maximum absolute atomic E-state index is 11.9. The number of carbonyl (C=O) groups is 1. The number of rotatable bonds is 4. The van der Waals surface area contributed by atoms with Crippen LogP contribution in [0, 0.1) is 6.92 Å². The Hall–Kier alpha value is -1.49. The Morgan fingerprint density at radius 1 is 1.61 bits per heavy atom. The third kappa shape index (κ3) is 3.04. The van der Waals surface area contributed by atoms with E-state index in [1.807, 2.05) is 17.9 Å². The number of methoxy groups -OCH3 is 1. The lowest BCUT2D eigenvalue weighted by Crippen LogP contribution is -2.29. The summed E-state index contributed by atoms with van der Waals surface area (Å²) in [4.78, 5) is 22.3. The molecule has 0 spiro atoms. The zero-order valence-corrected chi connectivity index (χ0v) is 10.9. The van der Waals surface area contributed by atoms with E-state index in [0.717, 1.165) is 31.0 Å². The molecule has 1 aromatic heterocycles. The minimum absolute atomic E-state index is 0.171. The Morgan fingerprint density at radius 2 is 2.44 bits per heavy atom. The third-order valence-electron chi connectivity index (χ3n) is 3.28. The second kappa shape index (κ2) is 5.91. The number of likely N-dealkylation sites (tertiary alicyclic amines) is 1. The molecule has 1 fully saturated rings. The quantitative estimate of drug-likeness (QED) is 0.803. The molecule has 2 rings (SSSR count). The Labute approximate surface area is 107 Å². The topological polar surface area (TPSA) is 55.3 Å². The Morgan fingerprint density at radius 3 is 3.17 bits per heavy atom. The number of carbonyl (C=O) groups excluding carboxylic acids is 1. The van der Waals surface area contributed by atoms with Gasteiger partial charge in [0.25, 0.3) is 0 Å². The van der Waals surface area contributed by atoms with Crippen molar-refractivity contribution in [2.45, 2.75) is 25.7 Å². The van der Waals surface area contributed by atoms with Gasteiger partial charge in [-0.3, -0.25) is 4.79 Å². The first-order valence-corrected chi connectivity index (χ1v) is 6.27. The molecule has 0 N–H and O–H groups in total. The van der Waals surface area contributed by atoms with Crippen LogP contribution in [0.5, 0.6) is 0 Å². The van der Waals surface area contributed by atoms with Gasteiger partial charge in [0.05, 0.1) is 13.0 Å². The summed E-state index contributed by atoms with van der Waals surface area (Å²) in [7, 11) is 1.61. The molecule has 1 aliphatic heterocycles. The van der Waals surface area contributed by atoms with E-state index < -0.39 is 0 Å². The normalized spacial score (nSPS) is 19.2. The monoisotopic (exact) mass is 249 g/mol. The Bertz CT molecular complexity index is 422. The predicted octanol–water partition coefficient (Wildman–Crippen LogP) is 1.14. The van der Waals surface area contributed by atoms with E-state index in [2.05, 4.69) is 9.97 Å². The fraction of sp³-hybridized carbons (Fsp3) is 0.615. The van der Waals surface area contributed by atoms with Gasteiger partial charge >= 0.3 is 0 Å². The summed E-state index contributed by atoms with van der Waals surface area (Å²) in [6.07, 6.45) is 3.23. The van der Waals surface area contributed by atoms with Crippen LogP contribution in [0.25, 0.3) is 0 Å². The molecule has 0 bridgehead atoms. The van der Waals surface area contributed by atoms with Crippen molar-refractivity contribution in [2.24, 2.45) is 0 Å². The van der Waals surface area contributed by atoms with Crippen molar-refractivity contribution in [1.29, 1.82) is 0 Å². The molecule has 5 nitrogen and oxygen atoms in total. The van der Waals surface area contributed by atoms with Gasteiger partial charge in [0.15, 0.2) is 0 Å². The average Bonchev–Trinajstić information content (AvgIpc) is 2.85.